The summed E-state index contributed by atoms with van der Waals surface area (Å²) in [7, 11) is 0. The summed E-state index contributed by atoms with van der Waals surface area (Å²) >= 11 is 0. The van der Waals surface area contributed by atoms with E-state index in [2.05, 4.69) is 20.1 Å². The van der Waals surface area contributed by atoms with Crippen molar-refractivity contribution in [3.63, 3.8) is 0 Å². The molecule has 0 bridgehead atoms. The van der Waals surface area contributed by atoms with Crippen molar-refractivity contribution in [3.8, 4) is 17.1 Å². The van der Waals surface area contributed by atoms with Gasteiger partial charge in [0.15, 0.2) is 0 Å². The minimum absolute atomic E-state index is 0.295. The second-order valence-electron chi connectivity index (χ2n) is 5.70. The molecule has 0 aliphatic heterocycles. The third kappa shape index (κ3) is 3.21. The number of imidazole rings is 2. The van der Waals surface area contributed by atoms with Gasteiger partial charge >= 0.3 is 0 Å². The maximum atomic E-state index is 13.9. The van der Waals surface area contributed by atoms with E-state index in [0.717, 1.165) is 36.7 Å². The largest absolute Gasteiger partial charge is 0.349 e. The maximum absolute atomic E-state index is 13.9. The highest BCUT2D eigenvalue weighted by molar-refractivity contribution is 5.67. The van der Waals surface area contributed by atoms with Gasteiger partial charge in [0.05, 0.1) is 5.69 Å². The fourth-order valence-corrected chi connectivity index (χ4v) is 2.88. The highest BCUT2D eigenvalue weighted by Crippen LogP contribution is 2.26. The predicted octanol–water partition coefficient (Wildman–Crippen LogP) is 3.23. The van der Waals surface area contributed by atoms with Crippen LogP contribution in [0.4, 0.5) is 4.39 Å². The molecule has 0 unspecified atom stereocenters. The van der Waals surface area contributed by atoms with Gasteiger partial charge in [-0.3, -0.25) is 0 Å². The van der Waals surface area contributed by atoms with E-state index >= 15 is 0 Å². The van der Waals surface area contributed by atoms with Crippen molar-refractivity contribution in [2.75, 3.05) is 0 Å². The van der Waals surface area contributed by atoms with Gasteiger partial charge in [0, 0.05) is 55.7 Å². The maximum Gasteiger partial charge on any atom is 0.142 e. The molecule has 0 aliphatic carbocycles. The quantitative estimate of drug-likeness (QED) is 0.588. The number of aromatic nitrogens is 6. The molecule has 0 aliphatic rings. The molecule has 25 heavy (non-hydrogen) atoms. The molecule has 3 heterocycles. The predicted molar refractivity (Wildman–Crippen MR) is 91.7 cm³/mol. The molecule has 4 aromatic rings. The van der Waals surface area contributed by atoms with Crippen LogP contribution in [0.2, 0.25) is 0 Å². The van der Waals surface area contributed by atoms with Gasteiger partial charge in [0.2, 0.25) is 0 Å². The molecule has 7 heteroatoms. The molecular weight excluding hydrogens is 319 g/mol. The molecule has 0 fully saturated rings. The van der Waals surface area contributed by atoms with Gasteiger partial charge in [-0.15, -0.1) is 0 Å². The van der Waals surface area contributed by atoms with Crippen LogP contribution in [0.25, 0.3) is 17.1 Å². The summed E-state index contributed by atoms with van der Waals surface area (Å²) in [5.41, 5.74) is 1.51. The number of aromatic amines is 1. The monoisotopic (exact) mass is 336 g/mol. The molecule has 0 saturated heterocycles. The van der Waals surface area contributed by atoms with Crippen LogP contribution in [0.5, 0.6) is 0 Å². The zero-order valence-corrected chi connectivity index (χ0v) is 13.5. The number of H-pyrrole nitrogens is 1. The van der Waals surface area contributed by atoms with E-state index in [1.165, 1.54) is 12.1 Å². The first kappa shape index (κ1) is 15.3. The number of nitrogens with zero attached hydrogens (tertiary/aromatic N) is 5. The van der Waals surface area contributed by atoms with Crippen molar-refractivity contribution >= 4 is 0 Å². The normalized spacial score (nSPS) is 11.1. The number of rotatable bonds is 6. The highest BCUT2D eigenvalue weighted by atomic mass is 19.1. The number of hydrogen-bond donors (Lipinski definition) is 1. The second-order valence-corrected chi connectivity index (χ2v) is 5.70. The van der Waals surface area contributed by atoms with Crippen LogP contribution in [0.1, 0.15) is 12.2 Å². The Morgan fingerprint density at radius 1 is 1.08 bits per heavy atom. The Morgan fingerprint density at radius 2 is 2.04 bits per heavy atom. The van der Waals surface area contributed by atoms with E-state index in [-0.39, 0.29) is 5.82 Å². The molecule has 6 nitrogen and oxygen atoms in total. The van der Waals surface area contributed by atoms with E-state index < -0.39 is 0 Å². The van der Waals surface area contributed by atoms with Crippen LogP contribution in [0.15, 0.2) is 61.4 Å². The minimum atomic E-state index is -0.295. The Balaban J connectivity index is 1.62. The summed E-state index contributed by atoms with van der Waals surface area (Å²) in [6, 6.07) is 6.50. The number of hydrogen-bond acceptors (Lipinski definition) is 3. The van der Waals surface area contributed by atoms with Gasteiger partial charge in [-0.2, -0.15) is 5.10 Å². The molecule has 4 rings (SSSR count). The van der Waals surface area contributed by atoms with Crippen molar-refractivity contribution in [3.05, 3.63) is 73.1 Å². The molecule has 3 aromatic heterocycles. The molecule has 0 atom stereocenters. The number of aryl methyl sites for hydroxylation is 2. The summed E-state index contributed by atoms with van der Waals surface area (Å²) in [6.07, 6.45) is 12.5. The number of benzene rings is 1. The summed E-state index contributed by atoms with van der Waals surface area (Å²) in [6.45, 7) is 0.769. The lowest BCUT2D eigenvalue weighted by Crippen LogP contribution is -2.05. The zero-order chi connectivity index (χ0) is 17.1. The van der Waals surface area contributed by atoms with E-state index in [1.54, 1.807) is 29.3 Å². The average Bonchev–Trinajstić information content (AvgIpc) is 3.37. The Morgan fingerprint density at radius 3 is 2.84 bits per heavy atom. The van der Waals surface area contributed by atoms with Crippen molar-refractivity contribution in [1.29, 1.82) is 0 Å². The van der Waals surface area contributed by atoms with Gasteiger partial charge in [-0.25, -0.2) is 19.0 Å². The molecule has 0 amide bonds. The summed E-state index contributed by atoms with van der Waals surface area (Å²) in [5, 5.41) is 4.26. The lowest BCUT2D eigenvalue weighted by atomic mass is 10.1. The topological polar surface area (TPSA) is 64.3 Å². The third-order valence-electron chi connectivity index (χ3n) is 4.03. The summed E-state index contributed by atoms with van der Waals surface area (Å²) < 4.78 is 17.6. The van der Waals surface area contributed by atoms with Crippen molar-refractivity contribution < 1.29 is 4.39 Å². The van der Waals surface area contributed by atoms with E-state index in [9.17, 15) is 4.39 Å². The van der Waals surface area contributed by atoms with Crippen molar-refractivity contribution in [2.24, 2.45) is 0 Å². The smallest absolute Gasteiger partial charge is 0.142 e. The van der Waals surface area contributed by atoms with Crippen LogP contribution < -0.4 is 0 Å². The van der Waals surface area contributed by atoms with Gasteiger partial charge < -0.3 is 9.55 Å². The first-order valence-electron chi connectivity index (χ1n) is 8.10. The van der Waals surface area contributed by atoms with E-state index in [1.807, 2.05) is 29.2 Å². The van der Waals surface area contributed by atoms with Crippen molar-refractivity contribution in [2.45, 2.75) is 19.4 Å². The lowest BCUT2D eigenvalue weighted by molar-refractivity contribution is 0.623. The van der Waals surface area contributed by atoms with Gasteiger partial charge in [-0.05, 0) is 30.7 Å². The van der Waals surface area contributed by atoms with Gasteiger partial charge in [0.1, 0.15) is 17.5 Å². The molecule has 1 N–H and O–H groups in total. The molecule has 0 saturated carbocycles. The van der Waals surface area contributed by atoms with E-state index in [0.29, 0.717) is 5.56 Å². The number of halogens is 1. The molecule has 0 spiro atoms. The Bertz CT molecular complexity index is 940. The third-order valence-corrected chi connectivity index (χ3v) is 4.03. The second kappa shape index (κ2) is 6.72. The molecule has 0 radical (unpaired) electrons. The minimum Gasteiger partial charge on any atom is -0.349 e. The SMILES string of the molecule is Fc1ccc(-n2cccn2)c(-c2nccn2CCCc2ncc[nH]2)c1. The van der Waals surface area contributed by atoms with Crippen LogP contribution in [0.3, 0.4) is 0 Å². The Hall–Kier alpha value is -3.22. The van der Waals surface area contributed by atoms with Crippen LogP contribution in [-0.2, 0) is 13.0 Å². The molecule has 1 aromatic carbocycles. The first-order chi connectivity index (χ1) is 12.3. The standard InChI is InChI=1S/C18H17FN6/c19-14-4-5-16(25-11-2-6-23-25)15(13-14)18-22-9-12-24(18)10-1-3-17-20-7-8-21-17/h2,4-9,11-13H,1,3,10H2,(H,20,21). The fraction of sp³-hybridized carbons (Fsp3) is 0.167. The zero-order valence-electron chi connectivity index (χ0n) is 13.5. The Labute approximate surface area is 144 Å². The van der Waals surface area contributed by atoms with E-state index in [4.69, 9.17) is 0 Å². The van der Waals surface area contributed by atoms with Gasteiger partial charge in [0.25, 0.3) is 0 Å². The first-order valence-corrected chi connectivity index (χ1v) is 8.10. The van der Waals surface area contributed by atoms with Gasteiger partial charge in [-0.1, -0.05) is 0 Å². The number of nitrogens with one attached hydrogen (secondary N) is 1. The fourth-order valence-electron chi connectivity index (χ4n) is 2.88. The lowest BCUT2D eigenvalue weighted by Gasteiger charge is -2.12. The highest BCUT2D eigenvalue weighted by Gasteiger charge is 2.14. The summed E-state index contributed by atoms with van der Waals surface area (Å²) in [5.74, 6) is 1.39. The molecule has 126 valence electrons. The Kier molecular flexibility index (Phi) is 4.12. The van der Waals surface area contributed by atoms with Crippen LogP contribution in [0, 0.1) is 5.82 Å². The van der Waals surface area contributed by atoms with Crippen LogP contribution >= 0.6 is 0 Å². The summed E-state index contributed by atoms with van der Waals surface area (Å²) in [4.78, 5) is 11.8. The average molecular weight is 336 g/mol. The molecular formula is C18H17FN6. The van der Waals surface area contributed by atoms with Crippen molar-refractivity contribution in [1.82, 2.24) is 29.3 Å². The van der Waals surface area contributed by atoms with Crippen LogP contribution in [-0.4, -0.2) is 29.3 Å².